The highest BCUT2D eigenvalue weighted by molar-refractivity contribution is 5.71. The Morgan fingerprint density at radius 3 is 0.756 bits per heavy atom. The number of allylic oxidation sites excluding steroid dienone is 26. The second-order valence-electron chi connectivity index (χ2n) is 21.6. The number of esters is 3. The van der Waals surface area contributed by atoms with Crippen molar-refractivity contribution in [2.75, 3.05) is 13.2 Å². The number of rotatable bonds is 59. The van der Waals surface area contributed by atoms with Crippen molar-refractivity contribution >= 4 is 17.9 Å². The number of hydrogen-bond acceptors (Lipinski definition) is 6. The zero-order valence-electron chi connectivity index (χ0n) is 52.9. The van der Waals surface area contributed by atoms with Gasteiger partial charge in [-0.3, -0.25) is 14.4 Å². The molecule has 0 aromatic carbocycles. The van der Waals surface area contributed by atoms with Crippen LogP contribution in [0.1, 0.15) is 284 Å². The Bertz CT molecular complexity index is 1830. The van der Waals surface area contributed by atoms with Gasteiger partial charge in [-0.25, -0.2) is 0 Å². The SMILES string of the molecule is CC/C=C\C/C=C\C/C=C\C/C=C\C/C=C\C/C=C\C/C=C\CCCCCCCCCCCC(=O)OCC(COC(=O)CCCCCCC/C=C\CCCCC)OC(=O)CCCCCCC/C=C\C/C=C\C/C=C\C/C=C\C/C=C\CC. The number of hydrogen-bond donors (Lipinski definition) is 0. The summed E-state index contributed by atoms with van der Waals surface area (Å²) in [6.07, 6.45) is 99.7. The van der Waals surface area contributed by atoms with E-state index in [0.29, 0.717) is 19.3 Å². The van der Waals surface area contributed by atoms with Gasteiger partial charge in [0.1, 0.15) is 13.2 Å². The summed E-state index contributed by atoms with van der Waals surface area (Å²) in [5.41, 5.74) is 0. The van der Waals surface area contributed by atoms with Crippen molar-refractivity contribution in [2.45, 2.75) is 290 Å². The van der Waals surface area contributed by atoms with E-state index in [1.165, 1.54) is 70.6 Å². The van der Waals surface area contributed by atoms with Crippen molar-refractivity contribution in [1.82, 2.24) is 0 Å². The molecule has 1 atom stereocenters. The van der Waals surface area contributed by atoms with Gasteiger partial charge in [-0.2, -0.15) is 0 Å². The summed E-state index contributed by atoms with van der Waals surface area (Å²) < 4.78 is 16.9. The molecule has 0 radical (unpaired) electrons. The van der Waals surface area contributed by atoms with Gasteiger partial charge >= 0.3 is 17.9 Å². The first-order valence-corrected chi connectivity index (χ1v) is 33.5. The number of ether oxygens (including phenoxy) is 3. The molecule has 0 rings (SSSR count). The summed E-state index contributed by atoms with van der Waals surface area (Å²) in [6, 6.07) is 0. The molecule has 0 fully saturated rings. The molecular weight excluding hydrogens is 1010 g/mol. The van der Waals surface area contributed by atoms with E-state index in [9.17, 15) is 14.4 Å². The van der Waals surface area contributed by atoms with Crippen LogP contribution in [0.25, 0.3) is 0 Å². The van der Waals surface area contributed by atoms with Crippen molar-refractivity contribution in [3.8, 4) is 0 Å². The predicted molar refractivity (Wildman–Crippen MR) is 357 cm³/mol. The first-order chi connectivity index (χ1) is 40.5. The molecule has 0 aliphatic heterocycles. The second kappa shape index (κ2) is 68.5. The van der Waals surface area contributed by atoms with E-state index in [4.69, 9.17) is 14.2 Å². The molecule has 0 aliphatic rings. The van der Waals surface area contributed by atoms with Gasteiger partial charge in [-0.05, 0) is 148 Å². The van der Waals surface area contributed by atoms with Gasteiger partial charge in [0.05, 0.1) is 0 Å². The molecule has 0 aliphatic carbocycles. The number of unbranched alkanes of at least 4 members (excludes halogenated alkanes) is 22. The lowest BCUT2D eigenvalue weighted by molar-refractivity contribution is -0.167. The zero-order chi connectivity index (χ0) is 59.2. The van der Waals surface area contributed by atoms with E-state index in [0.717, 1.165) is 173 Å². The largest absolute Gasteiger partial charge is 0.462 e. The van der Waals surface area contributed by atoms with Gasteiger partial charge in [0.25, 0.3) is 0 Å². The van der Waals surface area contributed by atoms with E-state index in [1.54, 1.807) is 0 Å². The normalized spacial score (nSPS) is 13.2. The molecule has 0 amide bonds. The molecule has 6 heteroatoms. The highest BCUT2D eigenvalue weighted by Crippen LogP contribution is 2.15. The second-order valence-corrected chi connectivity index (χ2v) is 21.6. The lowest BCUT2D eigenvalue weighted by atomic mass is 10.1. The van der Waals surface area contributed by atoms with Gasteiger partial charge in [-0.15, -0.1) is 0 Å². The maximum atomic E-state index is 12.9. The van der Waals surface area contributed by atoms with E-state index in [-0.39, 0.29) is 31.1 Å². The number of carbonyl (C=O) groups is 3. The highest BCUT2D eigenvalue weighted by atomic mass is 16.6. The van der Waals surface area contributed by atoms with Crippen molar-refractivity contribution in [1.29, 1.82) is 0 Å². The maximum absolute atomic E-state index is 12.9. The van der Waals surface area contributed by atoms with Crippen LogP contribution in [0.2, 0.25) is 0 Å². The van der Waals surface area contributed by atoms with E-state index in [2.05, 4.69) is 179 Å². The van der Waals surface area contributed by atoms with Crippen LogP contribution in [0.5, 0.6) is 0 Å². The van der Waals surface area contributed by atoms with Crippen LogP contribution in [0.3, 0.4) is 0 Å². The molecule has 0 aromatic heterocycles. The molecule has 0 bridgehead atoms. The first kappa shape index (κ1) is 77.0. The predicted octanol–water partition coefficient (Wildman–Crippen LogP) is 23.3. The Morgan fingerprint density at radius 2 is 0.476 bits per heavy atom. The van der Waals surface area contributed by atoms with Crippen LogP contribution in [0.4, 0.5) is 0 Å². The molecule has 6 nitrogen and oxygen atoms in total. The van der Waals surface area contributed by atoms with Crippen molar-refractivity contribution < 1.29 is 28.6 Å². The molecule has 82 heavy (non-hydrogen) atoms. The first-order valence-electron chi connectivity index (χ1n) is 33.5. The quantitative estimate of drug-likeness (QED) is 0.0261. The van der Waals surface area contributed by atoms with Gasteiger partial charge in [0.15, 0.2) is 6.10 Å². The van der Waals surface area contributed by atoms with Gasteiger partial charge < -0.3 is 14.2 Å². The Labute approximate surface area is 505 Å². The molecule has 0 heterocycles. The lowest BCUT2D eigenvalue weighted by Gasteiger charge is -2.18. The lowest BCUT2D eigenvalue weighted by Crippen LogP contribution is -2.30. The Balaban J connectivity index is 4.34. The van der Waals surface area contributed by atoms with Gasteiger partial charge in [-0.1, -0.05) is 275 Å². The van der Waals surface area contributed by atoms with E-state index >= 15 is 0 Å². The third-order valence-corrected chi connectivity index (χ3v) is 13.7. The third kappa shape index (κ3) is 65.8. The molecule has 462 valence electrons. The van der Waals surface area contributed by atoms with E-state index in [1.807, 2.05) is 0 Å². The van der Waals surface area contributed by atoms with Gasteiger partial charge in [0.2, 0.25) is 0 Å². The van der Waals surface area contributed by atoms with Crippen molar-refractivity contribution in [3.63, 3.8) is 0 Å². The van der Waals surface area contributed by atoms with Crippen LogP contribution >= 0.6 is 0 Å². The molecule has 0 N–H and O–H groups in total. The minimum Gasteiger partial charge on any atom is -0.462 e. The Kier molecular flexibility index (Phi) is 64.4. The minimum absolute atomic E-state index is 0.0972. The van der Waals surface area contributed by atoms with Crippen LogP contribution in [0.15, 0.2) is 158 Å². The molecule has 1 unspecified atom stereocenters. The summed E-state index contributed by atoms with van der Waals surface area (Å²) in [4.78, 5) is 38.3. The highest BCUT2D eigenvalue weighted by Gasteiger charge is 2.19. The molecule has 0 spiro atoms. The average molecular weight is 1130 g/mol. The standard InChI is InChI=1S/C76H122O6/c1-4-7-10-13-16-19-22-25-27-29-31-33-34-35-36-37-38-39-40-41-42-44-45-47-49-51-54-57-60-63-66-69-75(78)81-72-73(71-80-74(77)68-65-62-59-56-53-24-21-18-15-12-9-6-3)82-76(79)70-67-64-61-58-55-52-50-48-46-43-32-30-28-26-23-20-17-14-11-8-5-2/h7-8,10-11,16-21,25-28,31-33,35-36,38-39,41-43,48,50,73H,4-6,9,12-15,22-24,29-30,34,37,40,44-47,49,51-72H2,1-3H3/b10-7-,11-8-,19-16-,20-17-,21-18-,27-25-,28-26-,33-31-,36-35-,39-38-,42-41-,43-32-,50-48-. The fraction of sp³-hybridized carbons (Fsp3) is 0.618. The summed E-state index contributed by atoms with van der Waals surface area (Å²) in [7, 11) is 0. The van der Waals surface area contributed by atoms with Crippen LogP contribution in [-0.4, -0.2) is 37.2 Å². The topological polar surface area (TPSA) is 78.9 Å². The summed E-state index contributed by atoms with van der Waals surface area (Å²) in [5.74, 6) is -0.931. The van der Waals surface area contributed by atoms with E-state index < -0.39 is 6.10 Å². The minimum atomic E-state index is -0.803. The number of carbonyl (C=O) groups excluding carboxylic acids is 3. The van der Waals surface area contributed by atoms with Crippen LogP contribution < -0.4 is 0 Å². The molecular formula is C76H122O6. The summed E-state index contributed by atoms with van der Waals surface area (Å²) in [5, 5.41) is 0. The molecule has 0 aromatic rings. The van der Waals surface area contributed by atoms with Crippen molar-refractivity contribution in [2.24, 2.45) is 0 Å². The molecule has 0 saturated carbocycles. The average Bonchev–Trinajstić information content (AvgIpc) is 3.47. The fourth-order valence-corrected chi connectivity index (χ4v) is 8.80. The smallest absolute Gasteiger partial charge is 0.306 e. The van der Waals surface area contributed by atoms with Crippen LogP contribution in [-0.2, 0) is 28.6 Å². The fourth-order valence-electron chi connectivity index (χ4n) is 8.80. The zero-order valence-corrected chi connectivity index (χ0v) is 52.9. The third-order valence-electron chi connectivity index (χ3n) is 13.7. The Morgan fingerprint density at radius 1 is 0.256 bits per heavy atom. The van der Waals surface area contributed by atoms with Crippen molar-refractivity contribution in [3.05, 3.63) is 158 Å². The summed E-state index contributed by atoms with van der Waals surface area (Å²) in [6.45, 7) is 6.36. The molecule has 0 saturated heterocycles. The monoisotopic (exact) mass is 1130 g/mol. The van der Waals surface area contributed by atoms with Gasteiger partial charge in [0, 0.05) is 19.3 Å². The maximum Gasteiger partial charge on any atom is 0.306 e. The Hall–Kier alpha value is -4.97. The summed E-state index contributed by atoms with van der Waals surface area (Å²) >= 11 is 0. The van der Waals surface area contributed by atoms with Crippen LogP contribution in [0, 0.1) is 0 Å².